The molecule has 0 saturated carbocycles. The zero-order chi connectivity index (χ0) is 20.4. The highest BCUT2D eigenvalue weighted by atomic mass is 19.1. The first-order valence-corrected chi connectivity index (χ1v) is 9.52. The Morgan fingerprint density at radius 2 is 1.79 bits per heavy atom. The molecule has 7 heteroatoms. The third kappa shape index (κ3) is 3.84. The van der Waals surface area contributed by atoms with Crippen LogP contribution in [0.4, 0.5) is 8.78 Å². The molecule has 0 atom stereocenters. The number of nitrogens with zero attached hydrogens (tertiary/aromatic N) is 3. The lowest BCUT2D eigenvalue weighted by Crippen LogP contribution is -2.49. The molecule has 5 nitrogen and oxygen atoms in total. The molecule has 1 aliphatic rings. The summed E-state index contributed by atoms with van der Waals surface area (Å²) < 4.78 is 27.1. The number of hydrogen-bond donors (Lipinski definition) is 1. The average molecular weight is 394 g/mol. The Morgan fingerprint density at radius 3 is 2.48 bits per heavy atom. The Kier molecular flexibility index (Phi) is 5.28. The Morgan fingerprint density at radius 1 is 1.07 bits per heavy atom. The summed E-state index contributed by atoms with van der Waals surface area (Å²) in [5, 5.41) is 9.31. The number of nitrogens with one attached hydrogen (secondary N) is 1. The predicted octanol–water partition coefficient (Wildman–Crippen LogP) is 3.32. The van der Waals surface area contributed by atoms with E-state index in [0.717, 1.165) is 31.6 Å². The number of halogens is 2. The standard InChI is InChI=1S/C22H20F2N4O/c23-17-3-1-15(2-4-17)7-8-27-9-11-28(12-10-27)22(29)18-5-6-19(24)20-16(13-25)14-26-21(18)20/h1-6,14,26H,7-12H2. The number of carbonyl (C=O) groups is 1. The highest BCUT2D eigenvalue weighted by molar-refractivity contribution is 6.07. The van der Waals surface area contributed by atoms with Gasteiger partial charge in [0.2, 0.25) is 0 Å². The second kappa shape index (κ2) is 8.02. The van der Waals surface area contributed by atoms with E-state index in [1.165, 1.54) is 30.5 Å². The van der Waals surface area contributed by atoms with Gasteiger partial charge in [0.05, 0.1) is 22.0 Å². The van der Waals surface area contributed by atoms with E-state index in [0.29, 0.717) is 24.2 Å². The van der Waals surface area contributed by atoms with E-state index < -0.39 is 5.82 Å². The van der Waals surface area contributed by atoms with Crippen LogP contribution in [-0.2, 0) is 6.42 Å². The molecule has 148 valence electrons. The fourth-order valence-corrected chi connectivity index (χ4v) is 3.76. The maximum Gasteiger partial charge on any atom is 0.256 e. The monoisotopic (exact) mass is 394 g/mol. The predicted molar refractivity (Wildman–Crippen MR) is 105 cm³/mol. The van der Waals surface area contributed by atoms with Crippen molar-refractivity contribution in [3.05, 3.63) is 70.9 Å². The first-order valence-electron chi connectivity index (χ1n) is 9.52. The summed E-state index contributed by atoms with van der Waals surface area (Å²) >= 11 is 0. The fraction of sp³-hybridized carbons (Fsp3) is 0.273. The van der Waals surface area contributed by atoms with Gasteiger partial charge in [0.25, 0.3) is 5.91 Å². The number of nitriles is 1. The van der Waals surface area contributed by atoms with Crippen molar-refractivity contribution < 1.29 is 13.6 Å². The Balaban J connectivity index is 1.40. The van der Waals surface area contributed by atoms with Crippen LogP contribution in [0.2, 0.25) is 0 Å². The number of rotatable bonds is 4. The van der Waals surface area contributed by atoms with Gasteiger partial charge in [-0.1, -0.05) is 12.1 Å². The SMILES string of the molecule is N#Cc1c[nH]c2c(C(=O)N3CCN(CCc4ccc(F)cc4)CC3)ccc(F)c12. The number of hydrogen-bond acceptors (Lipinski definition) is 3. The molecule has 1 saturated heterocycles. The Labute approximate surface area is 167 Å². The summed E-state index contributed by atoms with van der Waals surface area (Å²) in [4.78, 5) is 19.9. The first-order chi connectivity index (χ1) is 14.1. The van der Waals surface area contributed by atoms with E-state index in [9.17, 15) is 13.6 Å². The number of benzene rings is 2. The Hall–Kier alpha value is -3.24. The van der Waals surface area contributed by atoms with Crippen molar-refractivity contribution in [2.45, 2.75) is 6.42 Å². The van der Waals surface area contributed by atoms with Gasteiger partial charge in [0.1, 0.15) is 17.7 Å². The minimum absolute atomic E-state index is 0.163. The van der Waals surface area contributed by atoms with Crippen LogP contribution >= 0.6 is 0 Å². The maximum absolute atomic E-state index is 14.1. The normalized spacial score (nSPS) is 14.9. The summed E-state index contributed by atoms with van der Waals surface area (Å²) in [6, 6.07) is 11.2. The summed E-state index contributed by atoms with van der Waals surface area (Å²) in [5.74, 6) is -0.917. The molecular formula is C22H20F2N4O. The van der Waals surface area contributed by atoms with Crippen molar-refractivity contribution in [2.75, 3.05) is 32.7 Å². The quantitative estimate of drug-likeness (QED) is 0.738. The van der Waals surface area contributed by atoms with E-state index in [2.05, 4.69) is 9.88 Å². The minimum Gasteiger partial charge on any atom is -0.359 e. The molecule has 3 aromatic rings. The average Bonchev–Trinajstić information content (AvgIpc) is 3.19. The van der Waals surface area contributed by atoms with Crippen LogP contribution in [0.5, 0.6) is 0 Å². The third-order valence-electron chi connectivity index (χ3n) is 5.43. The largest absolute Gasteiger partial charge is 0.359 e. The summed E-state index contributed by atoms with van der Waals surface area (Å²) in [6.07, 6.45) is 2.25. The lowest BCUT2D eigenvalue weighted by Gasteiger charge is -2.34. The van der Waals surface area contributed by atoms with Crippen LogP contribution in [0.15, 0.2) is 42.6 Å². The van der Waals surface area contributed by atoms with Gasteiger partial charge in [0, 0.05) is 38.9 Å². The van der Waals surface area contributed by atoms with Crippen LogP contribution in [0.25, 0.3) is 10.9 Å². The van der Waals surface area contributed by atoms with Crippen LogP contribution in [0.1, 0.15) is 21.5 Å². The first kappa shape index (κ1) is 19.1. The molecule has 2 heterocycles. The molecule has 1 aliphatic heterocycles. The lowest BCUT2D eigenvalue weighted by molar-refractivity contribution is 0.0640. The molecule has 0 spiro atoms. The number of carbonyl (C=O) groups excluding carboxylic acids is 1. The molecule has 0 aliphatic carbocycles. The van der Waals surface area contributed by atoms with Crippen molar-refractivity contribution in [3.8, 4) is 6.07 Å². The van der Waals surface area contributed by atoms with Gasteiger partial charge < -0.3 is 9.88 Å². The number of H-pyrrole nitrogens is 1. The van der Waals surface area contributed by atoms with Crippen LogP contribution in [0, 0.1) is 23.0 Å². The second-order valence-corrected chi connectivity index (χ2v) is 7.17. The van der Waals surface area contributed by atoms with Crippen molar-refractivity contribution >= 4 is 16.8 Å². The molecule has 1 N–H and O–H groups in total. The zero-order valence-electron chi connectivity index (χ0n) is 15.8. The second-order valence-electron chi connectivity index (χ2n) is 7.17. The van der Waals surface area contributed by atoms with Crippen LogP contribution in [0.3, 0.4) is 0 Å². The summed E-state index contributed by atoms with van der Waals surface area (Å²) in [6.45, 7) is 3.48. The van der Waals surface area contributed by atoms with Crippen molar-refractivity contribution in [1.29, 1.82) is 5.26 Å². The molecule has 0 unspecified atom stereocenters. The molecule has 0 radical (unpaired) electrons. The van der Waals surface area contributed by atoms with Gasteiger partial charge in [0.15, 0.2) is 0 Å². The lowest BCUT2D eigenvalue weighted by atomic mass is 10.1. The van der Waals surface area contributed by atoms with Crippen LogP contribution in [-0.4, -0.2) is 53.4 Å². The van der Waals surface area contributed by atoms with Gasteiger partial charge in [-0.25, -0.2) is 8.78 Å². The fourth-order valence-electron chi connectivity index (χ4n) is 3.76. The van der Waals surface area contributed by atoms with Crippen molar-refractivity contribution in [1.82, 2.24) is 14.8 Å². The van der Waals surface area contributed by atoms with E-state index in [4.69, 9.17) is 5.26 Å². The van der Waals surface area contributed by atoms with E-state index >= 15 is 0 Å². The molecule has 29 heavy (non-hydrogen) atoms. The van der Waals surface area contributed by atoms with E-state index in [1.807, 2.05) is 6.07 Å². The number of fused-ring (bicyclic) bond motifs is 1. The van der Waals surface area contributed by atoms with Crippen molar-refractivity contribution in [2.24, 2.45) is 0 Å². The van der Waals surface area contributed by atoms with E-state index in [-0.39, 0.29) is 22.7 Å². The number of piperazine rings is 1. The van der Waals surface area contributed by atoms with Gasteiger partial charge in [-0.05, 0) is 36.2 Å². The highest BCUT2D eigenvalue weighted by Gasteiger charge is 2.25. The highest BCUT2D eigenvalue weighted by Crippen LogP contribution is 2.25. The summed E-state index contributed by atoms with van der Waals surface area (Å²) in [5.41, 5.74) is 2.02. The molecule has 1 amide bonds. The van der Waals surface area contributed by atoms with Gasteiger partial charge in [-0.2, -0.15) is 5.26 Å². The van der Waals surface area contributed by atoms with Crippen molar-refractivity contribution in [3.63, 3.8) is 0 Å². The zero-order valence-corrected chi connectivity index (χ0v) is 15.8. The number of aromatic amines is 1. The van der Waals surface area contributed by atoms with Gasteiger partial charge in [-0.3, -0.25) is 9.69 Å². The topological polar surface area (TPSA) is 63.1 Å². The number of aromatic nitrogens is 1. The number of amides is 1. The molecule has 4 rings (SSSR count). The van der Waals surface area contributed by atoms with E-state index in [1.54, 1.807) is 17.0 Å². The molecular weight excluding hydrogens is 374 g/mol. The third-order valence-corrected chi connectivity index (χ3v) is 5.43. The van der Waals surface area contributed by atoms with Gasteiger partial charge in [-0.15, -0.1) is 0 Å². The Bertz CT molecular complexity index is 1080. The maximum atomic E-state index is 14.1. The summed E-state index contributed by atoms with van der Waals surface area (Å²) in [7, 11) is 0. The molecule has 2 aromatic carbocycles. The minimum atomic E-state index is -0.514. The smallest absolute Gasteiger partial charge is 0.256 e. The molecule has 0 bridgehead atoms. The van der Waals surface area contributed by atoms with Gasteiger partial charge >= 0.3 is 0 Å². The molecule has 1 aromatic heterocycles. The molecule has 1 fully saturated rings. The van der Waals surface area contributed by atoms with Crippen LogP contribution < -0.4 is 0 Å².